The van der Waals surface area contributed by atoms with Crippen molar-refractivity contribution in [1.29, 1.82) is 0 Å². The molecule has 6 heteroatoms. The zero-order chi connectivity index (χ0) is 21.2. The molecule has 3 heterocycles. The van der Waals surface area contributed by atoms with E-state index in [-0.39, 0.29) is 11.7 Å². The first kappa shape index (κ1) is 17.9. The van der Waals surface area contributed by atoms with E-state index < -0.39 is 11.4 Å². The van der Waals surface area contributed by atoms with Crippen LogP contribution in [0.1, 0.15) is 29.0 Å². The molecule has 2 aliphatic heterocycles. The van der Waals surface area contributed by atoms with E-state index in [9.17, 15) is 9.90 Å². The Morgan fingerprint density at radius 2 is 1.74 bits per heavy atom. The molecule has 6 nitrogen and oxygen atoms in total. The van der Waals surface area contributed by atoms with Crippen LogP contribution < -0.4 is 19.8 Å². The second-order valence-electron chi connectivity index (χ2n) is 7.77. The van der Waals surface area contributed by atoms with Gasteiger partial charge in [-0.25, -0.2) is 4.79 Å². The minimum atomic E-state index is -1.19. The summed E-state index contributed by atoms with van der Waals surface area (Å²) in [7, 11) is 1.58. The Balaban J connectivity index is 1.69. The van der Waals surface area contributed by atoms with Gasteiger partial charge in [-0.3, -0.25) is 0 Å². The molecule has 154 valence electrons. The minimum Gasteiger partial charge on any atom is -0.508 e. The van der Waals surface area contributed by atoms with Crippen molar-refractivity contribution in [3.8, 4) is 23.0 Å². The molecule has 0 fully saturated rings. The van der Waals surface area contributed by atoms with Gasteiger partial charge in [-0.1, -0.05) is 24.3 Å². The number of fused-ring (bicyclic) bond motifs is 8. The highest BCUT2D eigenvalue weighted by Crippen LogP contribution is 2.57. The predicted octanol–water partition coefficient (Wildman–Crippen LogP) is 4.67. The molecule has 6 rings (SSSR count). The highest BCUT2D eigenvalue weighted by Gasteiger charge is 2.52. The molecule has 0 radical (unpaired) electrons. The molecule has 2 aliphatic rings. The molecule has 4 aromatic rings. The van der Waals surface area contributed by atoms with Gasteiger partial charge in [0, 0.05) is 23.5 Å². The fourth-order valence-electron chi connectivity index (χ4n) is 4.64. The van der Waals surface area contributed by atoms with Crippen LogP contribution in [-0.2, 0) is 5.79 Å². The molecule has 1 aromatic heterocycles. The average Bonchev–Trinajstić information content (AvgIpc) is 2.79. The molecular weight excluding hydrogens is 396 g/mol. The molecule has 0 spiro atoms. The summed E-state index contributed by atoms with van der Waals surface area (Å²) in [6, 6.07) is 19.7. The number of ether oxygens (including phenoxy) is 3. The van der Waals surface area contributed by atoms with Gasteiger partial charge in [0.05, 0.1) is 18.1 Å². The average molecular weight is 414 g/mol. The normalized spacial score (nSPS) is 20.9. The van der Waals surface area contributed by atoms with E-state index in [2.05, 4.69) is 0 Å². The van der Waals surface area contributed by atoms with Gasteiger partial charge < -0.3 is 23.7 Å². The van der Waals surface area contributed by atoms with E-state index in [4.69, 9.17) is 18.6 Å². The van der Waals surface area contributed by atoms with Crippen LogP contribution >= 0.6 is 0 Å². The van der Waals surface area contributed by atoms with Crippen molar-refractivity contribution in [3.63, 3.8) is 0 Å². The van der Waals surface area contributed by atoms with E-state index in [1.807, 2.05) is 36.4 Å². The monoisotopic (exact) mass is 414 g/mol. The smallest absolute Gasteiger partial charge is 0.343 e. The molecule has 2 unspecified atom stereocenters. The summed E-state index contributed by atoms with van der Waals surface area (Å²) in [4.78, 5) is 13.1. The maximum atomic E-state index is 13.1. The zero-order valence-electron chi connectivity index (χ0n) is 16.6. The van der Waals surface area contributed by atoms with Gasteiger partial charge in [-0.05, 0) is 42.5 Å². The number of aromatic hydroxyl groups is 1. The quantitative estimate of drug-likeness (QED) is 0.481. The Morgan fingerprint density at radius 1 is 0.968 bits per heavy atom. The number of phenols is 1. The Labute approximate surface area is 177 Å². The van der Waals surface area contributed by atoms with Crippen molar-refractivity contribution in [3.05, 3.63) is 93.8 Å². The molecule has 2 bridgehead atoms. The van der Waals surface area contributed by atoms with Gasteiger partial charge in [-0.2, -0.15) is 0 Å². The molecule has 0 aliphatic carbocycles. The molecule has 31 heavy (non-hydrogen) atoms. The van der Waals surface area contributed by atoms with Gasteiger partial charge in [0.25, 0.3) is 5.79 Å². The number of rotatable bonds is 2. The van der Waals surface area contributed by atoms with Crippen molar-refractivity contribution in [2.45, 2.75) is 18.1 Å². The number of methoxy groups -OCH3 is 1. The summed E-state index contributed by atoms with van der Waals surface area (Å²) in [6.07, 6.45) is 0.383. The molecule has 2 atom stereocenters. The zero-order valence-corrected chi connectivity index (χ0v) is 16.6. The van der Waals surface area contributed by atoms with Crippen molar-refractivity contribution in [2.75, 3.05) is 7.11 Å². The summed E-state index contributed by atoms with van der Waals surface area (Å²) in [6.45, 7) is 0. The molecule has 0 amide bonds. The molecule has 0 saturated heterocycles. The van der Waals surface area contributed by atoms with Crippen LogP contribution in [0.2, 0.25) is 0 Å². The van der Waals surface area contributed by atoms with E-state index >= 15 is 0 Å². The van der Waals surface area contributed by atoms with Crippen molar-refractivity contribution >= 4 is 11.0 Å². The Bertz CT molecular complexity index is 1390. The van der Waals surface area contributed by atoms with Crippen LogP contribution in [0.5, 0.6) is 23.0 Å². The number of para-hydroxylation sites is 2. The predicted molar refractivity (Wildman–Crippen MR) is 113 cm³/mol. The standard InChI is InChI=1S/C25H18O6/c1-28-20-8-4-6-16-18-13-25(30-22(16)20,14-9-11-15(26)12-10-14)31-23-17-5-2-3-7-19(17)29-24(27)21(18)23/h2-12,18,26H,13H2,1H3. The highest BCUT2D eigenvalue weighted by molar-refractivity contribution is 5.85. The number of phenolic OH excluding ortho intramolecular Hbond substituents is 1. The molecular formula is C25H18O6. The van der Waals surface area contributed by atoms with Crippen molar-refractivity contribution in [1.82, 2.24) is 0 Å². The van der Waals surface area contributed by atoms with Crippen LogP contribution in [-0.4, -0.2) is 12.2 Å². The third-order valence-electron chi connectivity index (χ3n) is 6.07. The van der Waals surface area contributed by atoms with Gasteiger partial charge in [-0.15, -0.1) is 0 Å². The maximum Gasteiger partial charge on any atom is 0.343 e. The van der Waals surface area contributed by atoms with Crippen molar-refractivity contribution in [2.24, 2.45) is 0 Å². The summed E-state index contributed by atoms with van der Waals surface area (Å²) in [5, 5.41) is 10.5. The summed E-state index contributed by atoms with van der Waals surface area (Å²) >= 11 is 0. The number of benzene rings is 3. The van der Waals surface area contributed by atoms with Crippen LogP contribution in [0.25, 0.3) is 11.0 Å². The van der Waals surface area contributed by atoms with Crippen LogP contribution in [0.3, 0.4) is 0 Å². The Morgan fingerprint density at radius 3 is 2.55 bits per heavy atom. The first-order chi connectivity index (χ1) is 15.1. The lowest BCUT2D eigenvalue weighted by atomic mass is 9.78. The lowest BCUT2D eigenvalue weighted by Gasteiger charge is -2.46. The number of hydrogen-bond acceptors (Lipinski definition) is 6. The lowest BCUT2D eigenvalue weighted by Crippen LogP contribution is -2.48. The van der Waals surface area contributed by atoms with E-state index in [0.29, 0.717) is 40.2 Å². The number of hydrogen-bond donors (Lipinski definition) is 1. The van der Waals surface area contributed by atoms with E-state index in [1.54, 1.807) is 37.4 Å². The summed E-state index contributed by atoms with van der Waals surface area (Å²) < 4.78 is 24.3. The molecule has 3 aromatic carbocycles. The Kier molecular flexibility index (Phi) is 3.63. The first-order valence-corrected chi connectivity index (χ1v) is 10.00. The van der Waals surface area contributed by atoms with Crippen LogP contribution in [0.4, 0.5) is 0 Å². The van der Waals surface area contributed by atoms with E-state index in [0.717, 1.165) is 11.1 Å². The molecule has 1 N–H and O–H groups in total. The van der Waals surface area contributed by atoms with Crippen LogP contribution in [0.15, 0.2) is 75.9 Å². The highest BCUT2D eigenvalue weighted by atomic mass is 16.7. The van der Waals surface area contributed by atoms with Gasteiger partial charge in [0.2, 0.25) is 0 Å². The topological polar surface area (TPSA) is 78.1 Å². The van der Waals surface area contributed by atoms with Crippen LogP contribution in [0, 0.1) is 0 Å². The third kappa shape index (κ3) is 2.48. The fourth-order valence-corrected chi connectivity index (χ4v) is 4.64. The summed E-state index contributed by atoms with van der Waals surface area (Å²) in [5.74, 6) is 0.202. The Hall–Kier alpha value is -3.93. The van der Waals surface area contributed by atoms with Gasteiger partial charge in [0.1, 0.15) is 17.1 Å². The van der Waals surface area contributed by atoms with Crippen molar-refractivity contribution < 1.29 is 23.7 Å². The lowest BCUT2D eigenvalue weighted by molar-refractivity contribution is -0.149. The second-order valence-corrected chi connectivity index (χ2v) is 7.77. The van der Waals surface area contributed by atoms with Gasteiger partial charge in [0.15, 0.2) is 11.5 Å². The first-order valence-electron chi connectivity index (χ1n) is 10.00. The largest absolute Gasteiger partial charge is 0.508 e. The van der Waals surface area contributed by atoms with E-state index in [1.165, 1.54) is 0 Å². The SMILES string of the molecule is COc1cccc2c1OC1(c3ccc(O)cc3)CC2c2c(c3ccccc3oc2=O)O1. The second kappa shape index (κ2) is 6.28. The molecule has 0 saturated carbocycles. The maximum absolute atomic E-state index is 13.1. The third-order valence-corrected chi connectivity index (χ3v) is 6.07. The van der Waals surface area contributed by atoms with Gasteiger partial charge >= 0.3 is 5.63 Å². The fraction of sp³-hybridized carbons (Fsp3) is 0.160. The minimum absolute atomic E-state index is 0.146. The summed E-state index contributed by atoms with van der Waals surface area (Å²) in [5.41, 5.74) is 2.09.